The predicted molar refractivity (Wildman–Crippen MR) is 87.0 cm³/mol. The summed E-state index contributed by atoms with van der Waals surface area (Å²) in [7, 11) is 0. The second kappa shape index (κ2) is 9.10. The first-order valence-corrected chi connectivity index (χ1v) is 8.58. The molecule has 152 valence electrons. The normalized spacial score (nSPS) is 46.8. The fourth-order valence-electron chi connectivity index (χ4n) is 2.97. The summed E-state index contributed by atoms with van der Waals surface area (Å²) in [5.41, 5.74) is -0.950. The summed E-state index contributed by atoms with van der Waals surface area (Å²) in [6.45, 7) is 0.0280. The molecular weight excluding hydrogens is 374 g/mol. The lowest BCUT2D eigenvalue weighted by molar-refractivity contribution is -0.329. The third-order valence-electron chi connectivity index (χ3n) is 4.38. The summed E-state index contributed by atoms with van der Waals surface area (Å²) >= 11 is 4.18. The molecule has 10 atom stereocenters. The number of aliphatic hydroxyl groups is 6. The molecule has 2 fully saturated rings. The minimum Gasteiger partial charge on any atom is -0.394 e. The van der Waals surface area contributed by atoms with Gasteiger partial charge in [-0.05, 0) is 0 Å². The lowest BCUT2D eigenvalue weighted by Crippen LogP contribution is -2.66. The van der Waals surface area contributed by atoms with Crippen molar-refractivity contribution >= 4 is 18.5 Å². The zero-order valence-corrected chi connectivity index (χ0v) is 14.8. The summed E-state index contributed by atoms with van der Waals surface area (Å²) in [5.74, 6) is -0.463. The average molecular weight is 399 g/mol. The largest absolute Gasteiger partial charge is 0.394 e. The molecule has 0 spiro atoms. The van der Waals surface area contributed by atoms with E-state index in [9.17, 15) is 35.4 Å². The van der Waals surface area contributed by atoms with Gasteiger partial charge in [0, 0.05) is 6.92 Å². The van der Waals surface area contributed by atoms with Gasteiger partial charge in [0.1, 0.15) is 48.2 Å². The molecule has 10 unspecified atom stereocenters. The van der Waals surface area contributed by atoms with Gasteiger partial charge in [-0.15, -0.1) is 12.6 Å². The van der Waals surface area contributed by atoms with Crippen LogP contribution in [0.5, 0.6) is 0 Å². The number of hydrogen-bond acceptors (Lipinski definition) is 11. The lowest BCUT2D eigenvalue weighted by atomic mass is 9.96. The summed E-state index contributed by atoms with van der Waals surface area (Å²) in [6, 6.07) is -0.971. The molecule has 11 nitrogen and oxygen atoms in total. The maximum absolute atomic E-state index is 11.4. The van der Waals surface area contributed by atoms with Crippen LogP contribution < -0.4 is 5.32 Å². The highest BCUT2D eigenvalue weighted by Crippen LogP contribution is 2.30. The Morgan fingerprint density at radius 1 is 1.00 bits per heavy atom. The van der Waals surface area contributed by atoms with Gasteiger partial charge < -0.3 is 50.2 Å². The molecule has 0 saturated carbocycles. The van der Waals surface area contributed by atoms with E-state index in [1.54, 1.807) is 0 Å². The van der Waals surface area contributed by atoms with Crippen molar-refractivity contribution in [2.75, 3.05) is 13.2 Å². The predicted octanol–water partition coefficient (Wildman–Crippen LogP) is -4.32. The molecule has 0 bridgehead atoms. The van der Waals surface area contributed by atoms with Gasteiger partial charge in [0.15, 0.2) is 6.29 Å². The Morgan fingerprint density at radius 3 is 2.12 bits per heavy atom. The van der Waals surface area contributed by atoms with Crippen LogP contribution in [0.4, 0.5) is 0 Å². The smallest absolute Gasteiger partial charge is 0.217 e. The van der Waals surface area contributed by atoms with Crippen LogP contribution >= 0.6 is 12.6 Å². The quantitative estimate of drug-likeness (QED) is 0.211. The van der Waals surface area contributed by atoms with Crippen LogP contribution in [0.1, 0.15) is 6.92 Å². The van der Waals surface area contributed by atoms with Crippen LogP contribution in [0.15, 0.2) is 0 Å². The van der Waals surface area contributed by atoms with E-state index in [0.29, 0.717) is 0 Å². The molecule has 12 heteroatoms. The Hall–Kier alpha value is -0.540. The van der Waals surface area contributed by atoms with Crippen LogP contribution in [-0.2, 0) is 19.0 Å². The molecule has 0 aromatic carbocycles. The average Bonchev–Trinajstić information content (AvgIpc) is 2.60. The number of ether oxygens (including phenoxy) is 3. The summed E-state index contributed by atoms with van der Waals surface area (Å²) in [5, 5.41) is 61.2. The molecule has 0 aromatic rings. The Kier molecular flexibility index (Phi) is 7.62. The number of carbonyl (C=O) groups is 1. The van der Waals surface area contributed by atoms with Gasteiger partial charge in [-0.3, -0.25) is 4.79 Å². The van der Waals surface area contributed by atoms with Crippen LogP contribution in [0.25, 0.3) is 0 Å². The minimum atomic E-state index is -1.69. The molecule has 1 amide bonds. The molecule has 7 N–H and O–H groups in total. The van der Waals surface area contributed by atoms with E-state index in [1.807, 2.05) is 0 Å². The van der Waals surface area contributed by atoms with E-state index in [-0.39, 0.29) is 0 Å². The zero-order valence-electron chi connectivity index (χ0n) is 14.0. The van der Waals surface area contributed by atoms with Crippen molar-refractivity contribution in [1.29, 1.82) is 0 Å². The van der Waals surface area contributed by atoms with Gasteiger partial charge in [0.05, 0.1) is 19.3 Å². The molecule has 0 aliphatic carbocycles. The number of thiol groups is 1. The first-order chi connectivity index (χ1) is 12.2. The van der Waals surface area contributed by atoms with E-state index in [4.69, 9.17) is 14.2 Å². The lowest BCUT2D eigenvalue weighted by Gasteiger charge is -2.46. The maximum atomic E-state index is 11.4. The maximum Gasteiger partial charge on any atom is 0.217 e. The number of rotatable bonds is 5. The highest BCUT2D eigenvalue weighted by molar-refractivity contribution is 7.80. The third kappa shape index (κ3) is 4.47. The fraction of sp³-hybridized carbons (Fsp3) is 0.929. The van der Waals surface area contributed by atoms with Gasteiger partial charge in [-0.25, -0.2) is 0 Å². The monoisotopic (exact) mass is 399 g/mol. The highest BCUT2D eigenvalue weighted by Gasteiger charge is 2.50. The van der Waals surface area contributed by atoms with Gasteiger partial charge in [0.2, 0.25) is 5.91 Å². The van der Waals surface area contributed by atoms with Gasteiger partial charge in [0.25, 0.3) is 0 Å². The van der Waals surface area contributed by atoms with E-state index in [0.717, 1.165) is 0 Å². The number of aliphatic hydroxyl groups excluding tert-OH is 6. The van der Waals surface area contributed by atoms with Gasteiger partial charge in [-0.1, -0.05) is 0 Å². The number of carbonyl (C=O) groups excluding carboxylic acids is 1. The Morgan fingerprint density at radius 2 is 1.58 bits per heavy atom. The standard InChI is InChI=1S/C14H25NO10S/c1-4(18)15-7-12(9(20)6(3-17)24-14(7)26)25-13-11(22)10(21)8(19)5(2-16)23-13/h5-14,16-17,19-22,26H,2-3H2,1H3,(H,15,18). The second-order valence-electron chi connectivity index (χ2n) is 6.26. The molecule has 2 saturated heterocycles. The number of nitrogens with one attached hydrogen (secondary N) is 1. The number of amides is 1. The molecular formula is C14H25NO10S. The highest BCUT2D eigenvalue weighted by atomic mass is 32.1. The molecule has 0 aromatic heterocycles. The summed E-state index contributed by atoms with van der Waals surface area (Å²) in [4.78, 5) is 11.4. The van der Waals surface area contributed by atoms with E-state index in [2.05, 4.69) is 17.9 Å². The fourth-order valence-corrected chi connectivity index (χ4v) is 3.37. The molecule has 2 heterocycles. The Balaban J connectivity index is 2.21. The van der Waals surface area contributed by atoms with Crippen LogP contribution in [0.3, 0.4) is 0 Å². The zero-order chi connectivity index (χ0) is 19.6. The Bertz CT molecular complexity index is 483. The molecule has 26 heavy (non-hydrogen) atoms. The molecule has 2 aliphatic heterocycles. The van der Waals surface area contributed by atoms with Crippen molar-refractivity contribution < 1.29 is 49.6 Å². The topological polar surface area (TPSA) is 178 Å². The third-order valence-corrected chi connectivity index (χ3v) is 4.83. The van der Waals surface area contributed by atoms with E-state index < -0.39 is 79.6 Å². The molecule has 2 rings (SSSR count). The SMILES string of the molecule is CC(=O)NC1C(S)OC(CO)C(O)C1OC1OC(CO)C(O)C(O)C1O. The Labute approximate surface area is 154 Å². The number of hydrogen-bond donors (Lipinski definition) is 8. The van der Waals surface area contributed by atoms with Crippen LogP contribution in [0.2, 0.25) is 0 Å². The van der Waals surface area contributed by atoms with E-state index in [1.165, 1.54) is 6.92 Å². The minimum absolute atomic E-state index is 0.463. The summed E-state index contributed by atoms with van der Waals surface area (Å²) < 4.78 is 16.1. The molecule has 0 radical (unpaired) electrons. The van der Waals surface area contributed by atoms with Crippen LogP contribution in [-0.4, -0.2) is 110 Å². The summed E-state index contributed by atoms with van der Waals surface area (Å²) in [6.07, 6.45) is -11.4. The first-order valence-electron chi connectivity index (χ1n) is 8.06. The van der Waals surface area contributed by atoms with Crippen molar-refractivity contribution in [1.82, 2.24) is 5.32 Å². The van der Waals surface area contributed by atoms with E-state index >= 15 is 0 Å². The second-order valence-corrected chi connectivity index (χ2v) is 6.77. The van der Waals surface area contributed by atoms with Crippen molar-refractivity contribution in [2.24, 2.45) is 0 Å². The van der Waals surface area contributed by atoms with Crippen molar-refractivity contribution in [3.8, 4) is 0 Å². The van der Waals surface area contributed by atoms with Crippen molar-refractivity contribution in [3.63, 3.8) is 0 Å². The van der Waals surface area contributed by atoms with Gasteiger partial charge >= 0.3 is 0 Å². The molecule has 2 aliphatic rings. The first kappa shape index (κ1) is 21.8. The van der Waals surface area contributed by atoms with Gasteiger partial charge in [-0.2, -0.15) is 0 Å². The van der Waals surface area contributed by atoms with Crippen LogP contribution in [0, 0.1) is 0 Å². The van der Waals surface area contributed by atoms with Crippen molar-refractivity contribution in [3.05, 3.63) is 0 Å². The van der Waals surface area contributed by atoms with Crippen molar-refractivity contribution in [2.45, 2.75) is 67.4 Å².